The molecule has 1 aromatic carbocycles. The largest absolute Gasteiger partial charge is 0.459 e. The molecule has 168 valence electrons. The first-order valence-corrected chi connectivity index (χ1v) is 11.2. The van der Waals surface area contributed by atoms with Crippen LogP contribution in [0.5, 0.6) is 0 Å². The Morgan fingerprint density at radius 1 is 1.06 bits per heavy atom. The zero-order valence-corrected chi connectivity index (χ0v) is 19.0. The van der Waals surface area contributed by atoms with Crippen LogP contribution in [0, 0.1) is 11.8 Å². The van der Waals surface area contributed by atoms with Crippen molar-refractivity contribution in [2.24, 2.45) is 28.3 Å². The molecular weight excluding hydrogens is 388 g/mol. The number of benzene rings is 1. The number of nitrogens with zero attached hydrogens (tertiary/aromatic N) is 2. The number of carbonyl (C=O) groups is 1. The third-order valence-corrected chi connectivity index (χ3v) is 6.19. The van der Waals surface area contributed by atoms with Gasteiger partial charge in [0.2, 0.25) is 0 Å². The second-order valence-electron chi connectivity index (χ2n) is 9.76. The lowest BCUT2D eigenvalue weighted by molar-refractivity contribution is 0.0659. The lowest BCUT2D eigenvalue weighted by Crippen LogP contribution is -2.36. The first-order chi connectivity index (χ1) is 14.7. The van der Waals surface area contributed by atoms with E-state index in [-0.39, 0.29) is 17.3 Å². The molecule has 0 radical (unpaired) electrons. The molecule has 6 heteroatoms. The summed E-state index contributed by atoms with van der Waals surface area (Å²) >= 11 is 0. The number of furan rings is 1. The van der Waals surface area contributed by atoms with Crippen LogP contribution < -0.4 is 11.5 Å². The number of nitrogens with two attached hydrogens (primary N) is 2. The summed E-state index contributed by atoms with van der Waals surface area (Å²) < 4.78 is 5.41. The predicted molar refractivity (Wildman–Crippen MR) is 125 cm³/mol. The highest BCUT2D eigenvalue weighted by molar-refractivity contribution is 5.91. The number of rotatable bonds is 7. The summed E-state index contributed by atoms with van der Waals surface area (Å²) in [5.74, 6) is 1.51. The molecule has 0 saturated heterocycles. The highest BCUT2D eigenvalue weighted by Crippen LogP contribution is 2.30. The maximum absolute atomic E-state index is 13.1. The average Bonchev–Trinajstić information content (AvgIpc) is 3.27. The van der Waals surface area contributed by atoms with Gasteiger partial charge in [-0.15, -0.1) is 0 Å². The molecule has 1 saturated carbocycles. The zero-order valence-electron chi connectivity index (χ0n) is 19.0. The minimum atomic E-state index is -0.0486. The van der Waals surface area contributed by atoms with Gasteiger partial charge in [-0.1, -0.05) is 45.0 Å². The van der Waals surface area contributed by atoms with Crippen LogP contribution in [0.25, 0.3) is 0 Å². The first kappa shape index (κ1) is 22.9. The third-order valence-electron chi connectivity index (χ3n) is 6.19. The predicted octanol–water partition coefficient (Wildman–Crippen LogP) is 4.30. The second-order valence-corrected chi connectivity index (χ2v) is 9.76. The Kier molecular flexibility index (Phi) is 7.42. The van der Waals surface area contributed by atoms with Crippen LogP contribution in [0.2, 0.25) is 0 Å². The van der Waals surface area contributed by atoms with Gasteiger partial charge >= 0.3 is 0 Å². The Labute approximate surface area is 185 Å². The quantitative estimate of drug-likeness (QED) is 0.511. The van der Waals surface area contributed by atoms with Crippen molar-refractivity contribution in [1.29, 1.82) is 0 Å². The lowest BCUT2D eigenvalue weighted by Gasteiger charge is -2.32. The summed E-state index contributed by atoms with van der Waals surface area (Å²) in [6.07, 6.45) is 5.89. The van der Waals surface area contributed by atoms with Crippen molar-refractivity contribution in [1.82, 2.24) is 4.90 Å². The highest BCUT2D eigenvalue weighted by atomic mass is 16.3. The molecule has 0 unspecified atom stereocenters. The maximum atomic E-state index is 13.1. The van der Waals surface area contributed by atoms with Crippen molar-refractivity contribution in [3.05, 3.63) is 59.5 Å². The molecular formula is C25H36N4O2. The van der Waals surface area contributed by atoms with Gasteiger partial charge in [0, 0.05) is 19.6 Å². The molecule has 3 rings (SSSR count). The standard InChI is InChI=1S/C25H36N4O2/c1-25(2,3)21-12-10-20(11-13-21)17-29(23(30)22-5-4-14-31-22)16-19-8-6-18(7-9-19)15-28-24(26)27/h4-5,10-14,18-19H,6-9,15-17H2,1-3H3,(H4,26,27,28). The first-order valence-electron chi connectivity index (χ1n) is 11.2. The Balaban J connectivity index is 1.66. The van der Waals surface area contributed by atoms with Gasteiger partial charge in [-0.05, 0) is 66.2 Å². The van der Waals surface area contributed by atoms with Crippen molar-refractivity contribution >= 4 is 11.9 Å². The normalized spacial score (nSPS) is 19.1. The maximum Gasteiger partial charge on any atom is 0.289 e. The molecule has 1 aliphatic carbocycles. The van der Waals surface area contributed by atoms with Crippen LogP contribution >= 0.6 is 0 Å². The van der Waals surface area contributed by atoms with Crippen molar-refractivity contribution in [3.63, 3.8) is 0 Å². The fraction of sp³-hybridized carbons (Fsp3) is 0.520. The van der Waals surface area contributed by atoms with E-state index in [2.05, 4.69) is 50.0 Å². The number of amides is 1. The van der Waals surface area contributed by atoms with Crippen molar-refractivity contribution in [3.8, 4) is 0 Å². The van der Waals surface area contributed by atoms with Crippen LogP contribution in [0.15, 0.2) is 52.1 Å². The highest BCUT2D eigenvalue weighted by Gasteiger charge is 2.26. The van der Waals surface area contributed by atoms with Crippen LogP contribution in [-0.4, -0.2) is 29.9 Å². The van der Waals surface area contributed by atoms with Crippen molar-refractivity contribution < 1.29 is 9.21 Å². The molecule has 1 fully saturated rings. The molecule has 6 nitrogen and oxygen atoms in total. The van der Waals surface area contributed by atoms with Gasteiger partial charge in [-0.25, -0.2) is 0 Å². The molecule has 4 N–H and O–H groups in total. The van der Waals surface area contributed by atoms with Gasteiger partial charge in [0.25, 0.3) is 5.91 Å². The molecule has 0 spiro atoms. The van der Waals surface area contributed by atoms with Crippen LogP contribution in [0.3, 0.4) is 0 Å². The van der Waals surface area contributed by atoms with E-state index >= 15 is 0 Å². The number of guanidine groups is 1. The Morgan fingerprint density at radius 2 is 1.71 bits per heavy atom. The average molecular weight is 425 g/mol. The van der Waals surface area contributed by atoms with Gasteiger partial charge < -0.3 is 20.8 Å². The van der Waals surface area contributed by atoms with E-state index in [1.165, 1.54) is 5.56 Å². The van der Waals surface area contributed by atoms with Crippen molar-refractivity contribution in [2.75, 3.05) is 13.1 Å². The fourth-order valence-corrected chi connectivity index (χ4v) is 4.25. The van der Waals surface area contributed by atoms with Gasteiger partial charge in [0.05, 0.1) is 6.26 Å². The summed E-state index contributed by atoms with van der Waals surface area (Å²) in [5.41, 5.74) is 13.5. The molecule has 0 atom stereocenters. The van der Waals surface area contributed by atoms with E-state index in [9.17, 15) is 4.79 Å². The molecule has 1 amide bonds. The number of hydrogen-bond acceptors (Lipinski definition) is 3. The molecule has 2 aromatic rings. The van der Waals surface area contributed by atoms with Gasteiger partial charge in [0.1, 0.15) is 0 Å². The Hall–Kier alpha value is -2.76. The van der Waals surface area contributed by atoms with Crippen molar-refractivity contribution in [2.45, 2.75) is 58.4 Å². The van der Waals surface area contributed by atoms with E-state index in [1.54, 1.807) is 18.4 Å². The van der Waals surface area contributed by atoms with Gasteiger partial charge in [-0.3, -0.25) is 9.79 Å². The number of aliphatic imine (C=N–C) groups is 1. The summed E-state index contributed by atoms with van der Waals surface area (Å²) in [6, 6.07) is 12.1. The summed E-state index contributed by atoms with van der Waals surface area (Å²) in [7, 11) is 0. The van der Waals surface area contributed by atoms with Crippen LogP contribution in [0.1, 0.15) is 68.1 Å². The zero-order chi connectivity index (χ0) is 22.4. The van der Waals surface area contributed by atoms with E-state index in [4.69, 9.17) is 15.9 Å². The van der Waals surface area contributed by atoms with Gasteiger partial charge in [0.15, 0.2) is 11.7 Å². The van der Waals surface area contributed by atoms with Gasteiger partial charge in [-0.2, -0.15) is 0 Å². The fourth-order valence-electron chi connectivity index (χ4n) is 4.25. The third kappa shape index (κ3) is 6.61. The molecule has 0 aliphatic heterocycles. The smallest absolute Gasteiger partial charge is 0.289 e. The minimum absolute atomic E-state index is 0.0486. The summed E-state index contributed by atoms with van der Waals surface area (Å²) in [4.78, 5) is 19.2. The monoisotopic (exact) mass is 424 g/mol. The summed E-state index contributed by atoms with van der Waals surface area (Å²) in [5, 5.41) is 0. The molecule has 1 heterocycles. The van der Waals surface area contributed by atoms with E-state index in [1.807, 2.05) is 4.90 Å². The van der Waals surface area contributed by atoms with Crippen LogP contribution in [0.4, 0.5) is 0 Å². The molecule has 0 bridgehead atoms. The van der Waals surface area contributed by atoms with E-state index in [0.717, 1.165) is 37.8 Å². The second kappa shape index (κ2) is 10.0. The molecule has 1 aromatic heterocycles. The van der Waals surface area contributed by atoms with E-state index < -0.39 is 0 Å². The molecule has 1 aliphatic rings. The van der Waals surface area contributed by atoms with E-state index in [0.29, 0.717) is 30.7 Å². The van der Waals surface area contributed by atoms with Crippen LogP contribution in [-0.2, 0) is 12.0 Å². The minimum Gasteiger partial charge on any atom is -0.459 e. The Bertz CT molecular complexity index is 854. The molecule has 31 heavy (non-hydrogen) atoms. The lowest BCUT2D eigenvalue weighted by atomic mass is 9.81. The Morgan fingerprint density at radius 3 is 2.26 bits per heavy atom. The number of carbonyl (C=O) groups excluding carboxylic acids is 1. The number of hydrogen-bond donors (Lipinski definition) is 2. The summed E-state index contributed by atoms with van der Waals surface area (Å²) in [6.45, 7) is 8.63. The SMILES string of the molecule is CC(C)(C)c1ccc(CN(CC2CCC(CN=C(N)N)CC2)C(=O)c2ccco2)cc1. The topological polar surface area (TPSA) is 97.9 Å².